The zero-order valence-electron chi connectivity index (χ0n) is 11.2. The molecule has 2 nitrogen and oxygen atoms in total. The summed E-state index contributed by atoms with van der Waals surface area (Å²) < 4.78 is 2.07. The fourth-order valence-electron chi connectivity index (χ4n) is 2.20. The van der Waals surface area contributed by atoms with E-state index in [1.54, 1.807) is 11.8 Å². The highest BCUT2D eigenvalue weighted by Gasteiger charge is 2.19. The Morgan fingerprint density at radius 3 is 2.48 bits per heavy atom. The number of benzene rings is 2. The standard InChI is InChI=1S/C16H14Br2N2S/c17-13-7-4-8-14(18)15(13)20-16-19-12(10-21-16)9-11-5-2-1-3-6-11/h1-8,12H,9-10H2,(H,19,20). The van der Waals surface area contributed by atoms with Crippen molar-refractivity contribution < 1.29 is 0 Å². The summed E-state index contributed by atoms with van der Waals surface area (Å²) in [6.45, 7) is 0. The highest BCUT2D eigenvalue weighted by molar-refractivity contribution is 9.11. The zero-order valence-corrected chi connectivity index (χ0v) is 15.2. The SMILES string of the molecule is Brc1cccc(Br)c1NC1=NC(Cc2ccccc2)CS1. The van der Waals surface area contributed by atoms with Crippen LogP contribution in [0.5, 0.6) is 0 Å². The van der Waals surface area contributed by atoms with Crippen LogP contribution >= 0.6 is 43.6 Å². The summed E-state index contributed by atoms with van der Waals surface area (Å²) in [6, 6.07) is 16.9. The van der Waals surface area contributed by atoms with Crippen LogP contribution in [-0.2, 0) is 6.42 Å². The van der Waals surface area contributed by atoms with Crippen molar-refractivity contribution in [3.8, 4) is 0 Å². The molecule has 0 spiro atoms. The van der Waals surface area contributed by atoms with Gasteiger partial charge in [0.1, 0.15) is 0 Å². The smallest absolute Gasteiger partial charge is 0.161 e. The van der Waals surface area contributed by atoms with Crippen LogP contribution in [0.1, 0.15) is 5.56 Å². The van der Waals surface area contributed by atoms with Crippen LogP contribution < -0.4 is 5.32 Å². The van der Waals surface area contributed by atoms with E-state index < -0.39 is 0 Å². The topological polar surface area (TPSA) is 24.4 Å². The number of amidine groups is 1. The van der Waals surface area contributed by atoms with E-state index in [9.17, 15) is 0 Å². The molecule has 0 radical (unpaired) electrons. The molecular weight excluding hydrogens is 412 g/mol. The highest BCUT2D eigenvalue weighted by Crippen LogP contribution is 2.32. The molecule has 5 heteroatoms. The van der Waals surface area contributed by atoms with Crippen molar-refractivity contribution in [1.29, 1.82) is 0 Å². The molecule has 1 atom stereocenters. The van der Waals surface area contributed by atoms with Crippen LogP contribution in [0.4, 0.5) is 5.69 Å². The highest BCUT2D eigenvalue weighted by atomic mass is 79.9. The van der Waals surface area contributed by atoms with Gasteiger partial charge in [0.15, 0.2) is 5.17 Å². The van der Waals surface area contributed by atoms with Gasteiger partial charge in [0, 0.05) is 14.7 Å². The molecule has 0 fully saturated rings. The monoisotopic (exact) mass is 424 g/mol. The molecule has 3 rings (SSSR count). The molecule has 1 N–H and O–H groups in total. The number of nitrogens with one attached hydrogen (secondary N) is 1. The molecule has 0 saturated heterocycles. The Hall–Kier alpha value is -0.780. The van der Waals surface area contributed by atoms with E-state index in [0.29, 0.717) is 6.04 Å². The third-order valence-electron chi connectivity index (χ3n) is 3.22. The summed E-state index contributed by atoms with van der Waals surface area (Å²) >= 11 is 8.91. The number of para-hydroxylation sites is 1. The lowest BCUT2D eigenvalue weighted by Crippen LogP contribution is -2.08. The van der Waals surface area contributed by atoms with E-state index >= 15 is 0 Å². The van der Waals surface area contributed by atoms with Crippen molar-refractivity contribution in [2.45, 2.75) is 12.5 Å². The maximum Gasteiger partial charge on any atom is 0.161 e. The van der Waals surface area contributed by atoms with Gasteiger partial charge in [-0.15, -0.1) is 0 Å². The molecule has 2 aromatic rings. The van der Waals surface area contributed by atoms with E-state index in [4.69, 9.17) is 4.99 Å². The molecule has 0 bridgehead atoms. The van der Waals surface area contributed by atoms with Crippen molar-refractivity contribution in [2.75, 3.05) is 11.1 Å². The fraction of sp³-hybridized carbons (Fsp3) is 0.188. The number of aliphatic imine (C=N–C) groups is 1. The molecule has 1 aliphatic rings. The number of halogens is 2. The van der Waals surface area contributed by atoms with Gasteiger partial charge in [0.2, 0.25) is 0 Å². The van der Waals surface area contributed by atoms with Gasteiger partial charge in [-0.2, -0.15) is 0 Å². The lowest BCUT2D eigenvalue weighted by molar-refractivity contribution is 0.762. The van der Waals surface area contributed by atoms with E-state index in [1.807, 2.05) is 24.3 Å². The normalized spacial score (nSPS) is 17.6. The number of anilines is 1. The summed E-state index contributed by atoms with van der Waals surface area (Å²) in [5.41, 5.74) is 2.37. The molecule has 2 aromatic carbocycles. The lowest BCUT2D eigenvalue weighted by atomic mass is 10.1. The van der Waals surface area contributed by atoms with Crippen LogP contribution in [0.15, 0.2) is 62.5 Å². The van der Waals surface area contributed by atoms with Crippen LogP contribution in [0, 0.1) is 0 Å². The zero-order chi connectivity index (χ0) is 14.7. The van der Waals surface area contributed by atoms with Crippen molar-refractivity contribution in [3.63, 3.8) is 0 Å². The van der Waals surface area contributed by atoms with E-state index in [2.05, 4.69) is 61.4 Å². The maximum absolute atomic E-state index is 4.79. The molecule has 21 heavy (non-hydrogen) atoms. The fourth-order valence-corrected chi connectivity index (χ4v) is 4.34. The second kappa shape index (κ2) is 6.99. The third-order valence-corrected chi connectivity index (χ3v) is 5.58. The second-order valence-corrected chi connectivity index (χ2v) is 7.53. The van der Waals surface area contributed by atoms with Gasteiger partial charge in [-0.05, 0) is 56.0 Å². The number of nitrogens with zero attached hydrogens (tertiary/aromatic N) is 1. The van der Waals surface area contributed by atoms with E-state index in [0.717, 1.165) is 32.0 Å². The Morgan fingerprint density at radius 1 is 1.05 bits per heavy atom. The first-order valence-corrected chi connectivity index (χ1v) is 9.25. The first-order valence-electron chi connectivity index (χ1n) is 6.68. The number of hydrogen-bond donors (Lipinski definition) is 1. The number of hydrogen-bond acceptors (Lipinski definition) is 3. The van der Waals surface area contributed by atoms with Gasteiger partial charge in [0.05, 0.1) is 11.7 Å². The van der Waals surface area contributed by atoms with Crippen LogP contribution in [0.3, 0.4) is 0 Å². The van der Waals surface area contributed by atoms with Gasteiger partial charge in [-0.3, -0.25) is 4.99 Å². The van der Waals surface area contributed by atoms with Gasteiger partial charge in [-0.1, -0.05) is 48.2 Å². The lowest BCUT2D eigenvalue weighted by Gasteiger charge is -2.09. The predicted octanol–water partition coefficient (Wildman–Crippen LogP) is 5.34. The van der Waals surface area contributed by atoms with E-state index in [1.165, 1.54) is 5.56 Å². The van der Waals surface area contributed by atoms with E-state index in [-0.39, 0.29) is 0 Å². The molecule has 1 unspecified atom stereocenters. The first kappa shape index (κ1) is 15.1. The molecule has 0 amide bonds. The number of thioether (sulfide) groups is 1. The largest absolute Gasteiger partial charge is 0.333 e. The Bertz CT molecular complexity index is 638. The molecule has 1 aliphatic heterocycles. The minimum absolute atomic E-state index is 0.348. The maximum atomic E-state index is 4.79. The Morgan fingerprint density at radius 2 is 1.76 bits per heavy atom. The molecule has 0 aliphatic carbocycles. The van der Waals surface area contributed by atoms with Crippen LogP contribution in [0.25, 0.3) is 0 Å². The summed E-state index contributed by atoms with van der Waals surface area (Å²) in [5.74, 6) is 1.03. The van der Waals surface area contributed by atoms with Gasteiger partial charge in [0.25, 0.3) is 0 Å². The minimum atomic E-state index is 0.348. The molecule has 1 heterocycles. The van der Waals surface area contributed by atoms with Gasteiger partial charge < -0.3 is 5.32 Å². The molecule has 108 valence electrons. The second-order valence-electron chi connectivity index (χ2n) is 4.81. The average Bonchev–Trinajstić information content (AvgIpc) is 2.91. The van der Waals surface area contributed by atoms with Crippen molar-refractivity contribution in [1.82, 2.24) is 0 Å². The molecule has 0 saturated carbocycles. The van der Waals surface area contributed by atoms with Crippen molar-refractivity contribution in [3.05, 3.63) is 63.0 Å². The summed E-state index contributed by atoms with van der Waals surface area (Å²) in [4.78, 5) is 4.79. The quantitative estimate of drug-likeness (QED) is 0.717. The van der Waals surface area contributed by atoms with Crippen LogP contribution in [-0.4, -0.2) is 17.0 Å². The minimum Gasteiger partial charge on any atom is -0.333 e. The summed E-state index contributed by atoms with van der Waals surface area (Å²) in [7, 11) is 0. The first-order chi connectivity index (χ1) is 10.2. The Kier molecular flexibility index (Phi) is 5.03. The van der Waals surface area contributed by atoms with Crippen molar-refractivity contribution >= 4 is 54.5 Å². The summed E-state index contributed by atoms with van der Waals surface area (Å²) in [5, 5.41) is 4.40. The predicted molar refractivity (Wildman–Crippen MR) is 99.3 cm³/mol. The summed E-state index contributed by atoms with van der Waals surface area (Å²) in [6.07, 6.45) is 0.996. The molecule has 0 aromatic heterocycles. The van der Waals surface area contributed by atoms with Gasteiger partial charge >= 0.3 is 0 Å². The van der Waals surface area contributed by atoms with Crippen molar-refractivity contribution in [2.24, 2.45) is 4.99 Å². The Labute approximate surface area is 145 Å². The average molecular weight is 426 g/mol. The van der Waals surface area contributed by atoms with Gasteiger partial charge in [-0.25, -0.2) is 0 Å². The number of rotatable bonds is 3. The molecular formula is C16H14Br2N2S. The van der Waals surface area contributed by atoms with Crippen LogP contribution in [0.2, 0.25) is 0 Å². The Balaban J connectivity index is 1.69. The third kappa shape index (κ3) is 3.90.